The lowest BCUT2D eigenvalue weighted by Gasteiger charge is -2.05. The van der Waals surface area contributed by atoms with Crippen molar-refractivity contribution in [3.63, 3.8) is 0 Å². The average molecular weight is 312 g/mol. The zero-order valence-corrected chi connectivity index (χ0v) is 10.1. The number of ether oxygens (including phenoxy) is 1. The van der Waals surface area contributed by atoms with Gasteiger partial charge in [-0.15, -0.1) is 0 Å². The highest BCUT2D eigenvalue weighted by atomic mass is 79.9. The van der Waals surface area contributed by atoms with E-state index in [0.717, 1.165) is 16.2 Å². The lowest BCUT2D eigenvalue weighted by molar-refractivity contribution is 0.302. The maximum absolute atomic E-state index is 13.1. The highest BCUT2D eigenvalue weighted by Gasteiger charge is 2.02. The highest BCUT2D eigenvalue weighted by Crippen LogP contribution is 2.21. The van der Waals surface area contributed by atoms with Crippen molar-refractivity contribution in [2.75, 3.05) is 11.9 Å². The molecule has 1 aromatic carbocycles. The first-order chi connectivity index (χ1) is 6.24. The lowest BCUT2D eigenvalue weighted by Crippen LogP contribution is -1.99. The Morgan fingerprint density at radius 1 is 1.38 bits per heavy atom. The summed E-state index contributed by atoms with van der Waals surface area (Å²) in [5, 5.41) is 0.866. The Hall–Kier alpha value is -0.0900. The number of hydrogen-bond donors (Lipinski definition) is 0. The number of alkyl halides is 1. The molecule has 4 heteroatoms. The summed E-state index contributed by atoms with van der Waals surface area (Å²) >= 11 is 6.45. The molecule has 0 radical (unpaired) electrons. The van der Waals surface area contributed by atoms with E-state index in [1.165, 1.54) is 6.07 Å². The molecule has 1 rings (SSSR count). The standard InChI is InChI=1S/C9H9Br2FO/c10-4-1-5-13-9-3-2-7(11)6-8(9)12/h2-3,6H,1,4-5H2. The van der Waals surface area contributed by atoms with E-state index >= 15 is 0 Å². The van der Waals surface area contributed by atoms with E-state index in [4.69, 9.17) is 4.74 Å². The molecule has 0 N–H and O–H groups in total. The molecule has 0 saturated carbocycles. The van der Waals surface area contributed by atoms with Gasteiger partial charge >= 0.3 is 0 Å². The lowest BCUT2D eigenvalue weighted by atomic mass is 10.3. The Kier molecular flexibility index (Phi) is 4.73. The largest absolute Gasteiger partial charge is 0.490 e. The Labute approximate surface area is 93.5 Å². The second kappa shape index (κ2) is 5.60. The van der Waals surface area contributed by atoms with Gasteiger partial charge in [0.25, 0.3) is 0 Å². The molecule has 1 nitrogen and oxygen atoms in total. The van der Waals surface area contributed by atoms with Gasteiger partial charge in [-0.2, -0.15) is 0 Å². The van der Waals surface area contributed by atoms with Gasteiger partial charge in [-0.1, -0.05) is 31.9 Å². The fraction of sp³-hybridized carbons (Fsp3) is 0.333. The maximum Gasteiger partial charge on any atom is 0.166 e. The van der Waals surface area contributed by atoms with Crippen molar-refractivity contribution >= 4 is 31.9 Å². The predicted molar refractivity (Wildman–Crippen MR) is 58.0 cm³/mol. The summed E-state index contributed by atoms with van der Waals surface area (Å²) in [6, 6.07) is 4.77. The molecule has 0 bridgehead atoms. The van der Waals surface area contributed by atoms with E-state index in [2.05, 4.69) is 31.9 Å². The van der Waals surface area contributed by atoms with Crippen LogP contribution < -0.4 is 4.74 Å². The molecule has 13 heavy (non-hydrogen) atoms. The number of benzene rings is 1. The van der Waals surface area contributed by atoms with Gasteiger partial charge in [0, 0.05) is 9.80 Å². The Balaban J connectivity index is 2.56. The van der Waals surface area contributed by atoms with Crippen LogP contribution in [0, 0.1) is 5.82 Å². The number of halogens is 3. The molecule has 0 aromatic heterocycles. The van der Waals surface area contributed by atoms with Gasteiger partial charge in [-0.25, -0.2) is 4.39 Å². The van der Waals surface area contributed by atoms with Crippen molar-refractivity contribution in [3.8, 4) is 5.75 Å². The van der Waals surface area contributed by atoms with E-state index in [1.54, 1.807) is 12.1 Å². The molecule has 0 fully saturated rings. The van der Waals surface area contributed by atoms with E-state index in [1.807, 2.05) is 0 Å². The van der Waals surface area contributed by atoms with E-state index in [-0.39, 0.29) is 5.82 Å². The average Bonchev–Trinajstić information content (AvgIpc) is 2.09. The normalized spacial score (nSPS) is 10.1. The summed E-state index contributed by atoms with van der Waals surface area (Å²) in [4.78, 5) is 0. The van der Waals surface area contributed by atoms with Crippen LogP contribution in [0.5, 0.6) is 5.75 Å². The van der Waals surface area contributed by atoms with Crippen LogP contribution in [0.3, 0.4) is 0 Å². The van der Waals surface area contributed by atoms with Crippen molar-refractivity contribution in [1.29, 1.82) is 0 Å². The zero-order chi connectivity index (χ0) is 9.68. The molecule has 72 valence electrons. The Morgan fingerprint density at radius 2 is 2.15 bits per heavy atom. The third-order valence-electron chi connectivity index (χ3n) is 1.43. The molecule has 0 saturated heterocycles. The fourth-order valence-electron chi connectivity index (χ4n) is 0.829. The summed E-state index contributed by atoms with van der Waals surface area (Å²) in [6.07, 6.45) is 0.871. The van der Waals surface area contributed by atoms with Crippen molar-refractivity contribution in [2.45, 2.75) is 6.42 Å². The van der Waals surface area contributed by atoms with Crippen molar-refractivity contribution in [2.24, 2.45) is 0 Å². The topological polar surface area (TPSA) is 9.23 Å². The second-order valence-corrected chi connectivity index (χ2v) is 4.17. The van der Waals surface area contributed by atoms with Crippen LogP contribution in [0.2, 0.25) is 0 Å². The highest BCUT2D eigenvalue weighted by molar-refractivity contribution is 9.10. The Morgan fingerprint density at radius 3 is 2.77 bits per heavy atom. The molecule has 0 unspecified atom stereocenters. The molecule has 0 aliphatic rings. The first kappa shape index (κ1) is 11.0. The van der Waals surface area contributed by atoms with Crippen molar-refractivity contribution in [3.05, 3.63) is 28.5 Å². The summed E-state index contributed by atoms with van der Waals surface area (Å²) in [5.74, 6) is -0.0203. The quantitative estimate of drug-likeness (QED) is 0.608. The minimum atomic E-state index is -0.330. The Bertz CT molecular complexity index is 278. The molecule has 0 amide bonds. The van der Waals surface area contributed by atoms with Gasteiger partial charge in [0.15, 0.2) is 11.6 Å². The molecule has 0 spiro atoms. The third kappa shape index (κ3) is 3.65. The molecule has 0 heterocycles. The van der Waals surface area contributed by atoms with Gasteiger partial charge in [-0.3, -0.25) is 0 Å². The second-order valence-electron chi connectivity index (χ2n) is 2.47. The molecule has 0 atom stereocenters. The van der Waals surface area contributed by atoms with Gasteiger partial charge < -0.3 is 4.74 Å². The zero-order valence-electron chi connectivity index (χ0n) is 6.90. The van der Waals surface area contributed by atoms with E-state index in [0.29, 0.717) is 12.4 Å². The monoisotopic (exact) mass is 310 g/mol. The number of rotatable bonds is 4. The van der Waals surface area contributed by atoms with E-state index in [9.17, 15) is 4.39 Å². The van der Waals surface area contributed by atoms with Gasteiger partial charge in [0.2, 0.25) is 0 Å². The van der Waals surface area contributed by atoms with Crippen LogP contribution in [0.4, 0.5) is 4.39 Å². The molecule has 1 aromatic rings. The fourth-order valence-corrected chi connectivity index (χ4v) is 1.39. The van der Waals surface area contributed by atoms with Gasteiger partial charge in [-0.05, 0) is 24.6 Å². The molecule has 0 aliphatic heterocycles. The molecular weight excluding hydrogens is 303 g/mol. The van der Waals surface area contributed by atoms with Crippen LogP contribution >= 0.6 is 31.9 Å². The summed E-state index contributed by atoms with van der Waals surface area (Å²) in [6.45, 7) is 0.532. The van der Waals surface area contributed by atoms with Crippen LogP contribution in [-0.4, -0.2) is 11.9 Å². The van der Waals surface area contributed by atoms with Gasteiger partial charge in [0.05, 0.1) is 6.61 Å². The van der Waals surface area contributed by atoms with Crippen LogP contribution in [-0.2, 0) is 0 Å². The molecule has 0 aliphatic carbocycles. The van der Waals surface area contributed by atoms with E-state index < -0.39 is 0 Å². The van der Waals surface area contributed by atoms with Crippen LogP contribution in [0.25, 0.3) is 0 Å². The number of hydrogen-bond acceptors (Lipinski definition) is 1. The third-order valence-corrected chi connectivity index (χ3v) is 2.48. The predicted octanol–water partition coefficient (Wildman–Crippen LogP) is 3.75. The first-order valence-corrected chi connectivity index (χ1v) is 5.79. The summed E-state index contributed by atoms with van der Waals surface area (Å²) in [7, 11) is 0. The molecular formula is C9H9Br2FO. The van der Waals surface area contributed by atoms with Gasteiger partial charge in [0.1, 0.15) is 0 Å². The SMILES string of the molecule is Fc1cc(Br)ccc1OCCCBr. The smallest absolute Gasteiger partial charge is 0.166 e. The van der Waals surface area contributed by atoms with Crippen molar-refractivity contribution < 1.29 is 9.13 Å². The first-order valence-electron chi connectivity index (χ1n) is 3.88. The summed E-state index contributed by atoms with van der Waals surface area (Å²) < 4.78 is 19.0. The van der Waals surface area contributed by atoms with Crippen LogP contribution in [0.15, 0.2) is 22.7 Å². The van der Waals surface area contributed by atoms with Crippen LogP contribution in [0.1, 0.15) is 6.42 Å². The maximum atomic E-state index is 13.1. The van der Waals surface area contributed by atoms with Crippen molar-refractivity contribution in [1.82, 2.24) is 0 Å². The minimum Gasteiger partial charge on any atom is -0.490 e. The summed E-state index contributed by atoms with van der Waals surface area (Å²) in [5.41, 5.74) is 0. The minimum absolute atomic E-state index is 0.309.